The van der Waals surface area contributed by atoms with Crippen LogP contribution in [0.15, 0.2) is 45.6 Å². The van der Waals surface area contributed by atoms with Crippen molar-refractivity contribution >= 4 is 11.0 Å². The summed E-state index contributed by atoms with van der Waals surface area (Å²) in [5.41, 5.74) is 0.576. The van der Waals surface area contributed by atoms with Gasteiger partial charge in [0.05, 0.1) is 21.3 Å². The quantitative estimate of drug-likeness (QED) is 0.792. The van der Waals surface area contributed by atoms with Crippen LogP contribution in [0.4, 0.5) is 0 Å². The van der Waals surface area contributed by atoms with Crippen molar-refractivity contribution in [3.63, 3.8) is 0 Å². The molecule has 0 radical (unpaired) electrons. The monoisotopic (exact) mass is 328 g/mol. The fourth-order valence-corrected chi connectivity index (χ4v) is 2.51. The molecule has 0 fully saturated rings. The van der Waals surface area contributed by atoms with Crippen molar-refractivity contribution in [2.24, 2.45) is 0 Å². The van der Waals surface area contributed by atoms with E-state index >= 15 is 0 Å². The molecule has 1 N–H and O–H groups in total. The predicted molar refractivity (Wildman–Crippen MR) is 89.2 cm³/mol. The van der Waals surface area contributed by atoms with E-state index in [0.29, 0.717) is 22.6 Å². The third kappa shape index (κ3) is 2.52. The Morgan fingerprint density at radius 2 is 1.67 bits per heavy atom. The summed E-state index contributed by atoms with van der Waals surface area (Å²) in [7, 11) is 4.38. The highest BCUT2D eigenvalue weighted by Gasteiger charge is 2.20. The summed E-state index contributed by atoms with van der Waals surface area (Å²) in [6, 6.07) is 9.51. The van der Waals surface area contributed by atoms with Gasteiger partial charge in [0.15, 0.2) is 5.76 Å². The number of ether oxygens (including phenoxy) is 3. The first-order valence-electron chi connectivity index (χ1n) is 7.15. The molecule has 1 heterocycles. The average Bonchev–Trinajstić information content (AvgIpc) is 2.61. The van der Waals surface area contributed by atoms with E-state index < -0.39 is 0 Å². The van der Waals surface area contributed by atoms with Crippen molar-refractivity contribution in [2.45, 2.75) is 0 Å². The highest BCUT2D eigenvalue weighted by atomic mass is 16.5. The van der Waals surface area contributed by atoms with Gasteiger partial charge in [-0.25, -0.2) is 0 Å². The first-order valence-corrected chi connectivity index (χ1v) is 7.15. The molecule has 0 aliphatic carbocycles. The van der Waals surface area contributed by atoms with Crippen LogP contribution in [0.5, 0.6) is 23.0 Å². The lowest BCUT2D eigenvalue weighted by Gasteiger charge is -2.12. The molecule has 0 atom stereocenters. The predicted octanol–water partition coefficient (Wildman–Crippen LogP) is 3.19. The Balaban J connectivity index is 2.38. The molecule has 3 rings (SSSR count). The number of phenolic OH excluding ortho intramolecular Hbond substituents is 1. The Morgan fingerprint density at radius 1 is 0.958 bits per heavy atom. The molecule has 0 aliphatic heterocycles. The van der Waals surface area contributed by atoms with Crippen LogP contribution < -0.4 is 19.6 Å². The van der Waals surface area contributed by atoms with Crippen LogP contribution in [0.25, 0.3) is 22.3 Å². The van der Waals surface area contributed by atoms with Crippen molar-refractivity contribution in [3.8, 4) is 34.3 Å². The topological polar surface area (TPSA) is 78.1 Å². The van der Waals surface area contributed by atoms with Gasteiger partial charge in [-0.1, -0.05) is 0 Å². The molecular formula is C18H16O6. The molecule has 0 bridgehead atoms. The second-order valence-corrected chi connectivity index (χ2v) is 5.04. The lowest BCUT2D eigenvalue weighted by atomic mass is 10.1. The lowest BCUT2D eigenvalue weighted by molar-refractivity contribution is 0.389. The van der Waals surface area contributed by atoms with Crippen LogP contribution in [0.2, 0.25) is 0 Å². The fourth-order valence-electron chi connectivity index (χ4n) is 2.51. The van der Waals surface area contributed by atoms with Gasteiger partial charge in [-0.3, -0.25) is 4.79 Å². The minimum Gasteiger partial charge on any atom is -0.508 e. The van der Waals surface area contributed by atoms with Gasteiger partial charge in [-0.15, -0.1) is 0 Å². The number of rotatable bonds is 4. The number of methoxy groups -OCH3 is 3. The molecule has 6 nitrogen and oxygen atoms in total. The Labute approximate surface area is 137 Å². The van der Waals surface area contributed by atoms with Crippen LogP contribution >= 0.6 is 0 Å². The average molecular weight is 328 g/mol. The standard InChI is InChI=1S/C18H16O6/c1-21-12-8-13(22-2)15-14(9-12)24-17(18(23-3)16(15)20)10-4-6-11(19)7-5-10/h4-9,19H,1-3H3. The minimum absolute atomic E-state index is 0.0663. The summed E-state index contributed by atoms with van der Waals surface area (Å²) in [6.07, 6.45) is 0. The zero-order chi connectivity index (χ0) is 17.3. The third-order valence-electron chi connectivity index (χ3n) is 3.68. The zero-order valence-corrected chi connectivity index (χ0v) is 13.5. The molecule has 0 unspecified atom stereocenters. The second-order valence-electron chi connectivity index (χ2n) is 5.04. The Kier molecular flexibility index (Phi) is 4.04. The Hall–Kier alpha value is -3.15. The Bertz CT molecular complexity index is 940. The fraction of sp³-hybridized carbons (Fsp3) is 0.167. The van der Waals surface area contributed by atoms with Crippen LogP contribution in [-0.4, -0.2) is 26.4 Å². The Morgan fingerprint density at radius 3 is 2.25 bits per heavy atom. The molecule has 3 aromatic rings. The normalized spacial score (nSPS) is 10.6. The van der Waals surface area contributed by atoms with Gasteiger partial charge in [0.1, 0.15) is 28.2 Å². The number of hydrogen-bond donors (Lipinski definition) is 1. The van der Waals surface area contributed by atoms with Gasteiger partial charge in [-0.2, -0.15) is 0 Å². The van der Waals surface area contributed by atoms with Crippen LogP contribution in [-0.2, 0) is 0 Å². The van der Waals surface area contributed by atoms with Crippen LogP contribution in [0.1, 0.15) is 0 Å². The molecule has 2 aromatic carbocycles. The largest absolute Gasteiger partial charge is 0.508 e. The number of phenols is 1. The first-order chi connectivity index (χ1) is 11.6. The highest BCUT2D eigenvalue weighted by Crippen LogP contribution is 2.36. The summed E-state index contributed by atoms with van der Waals surface area (Å²) >= 11 is 0. The zero-order valence-electron chi connectivity index (χ0n) is 13.5. The van der Waals surface area contributed by atoms with E-state index in [2.05, 4.69) is 0 Å². The molecule has 0 saturated heterocycles. The van der Waals surface area contributed by atoms with E-state index in [1.807, 2.05) is 0 Å². The van der Waals surface area contributed by atoms with E-state index in [1.165, 1.54) is 33.5 Å². The van der Waals surface area contributed by atoms with Gasteiger partial charge in [0.25, 0.3) is 0 Å². The maximum absolute atomic E-state index is 12.8. The van der Waals surface area contributed by atoms with E-state index in [1.54, 1.807) is 24.3 Å². The maximum Gasteiger partial charge on any atom is 0.239 e. The smallest absolute Gasteiger partial charge is 0.239 e. The van der Waals surface area contributed by atoms with Gasteiger partial charge in [-0.05, 0) is 24.3 Å². The van der Waals surface area contributed by atoms with Gasteiger partial charge < -0.3 is 23.7 Å². The number of fused-ring (bicyclic) bond motifs is 1. The number of benzene rings is 2. The molecule has 24 heavy (non-hydrogen) atoms. The molecule has 124 valence electrons. The van der Waals surface area contributed by atoms with Crippen molar-refractivity contribution in [3.05, 3.63) is 46.6 Å². The number of hydrogen-bond acceptors (Lipinski definition) is 6. The van der Waals surface area contributed by atoms with E-state index in [-0.39, 0.29) is 28.1 Å². The van der Waals surface area contributed by atoms with Gasteiger partial charge in [0.2, 0.25) is 11.2 Å². The first kappa shape index (κ1) is 15.7. The van der Waals surface area contributed by atoms with Crippen molar-refractivity contribution in [1.82, 2.24) is 0 Å². The molecular weight excluding hydrogens is 312 g/mol. The summed E-state index contributed by atoms with van der Waals surface area (Å²) in [4.78, 5) is 12.8. The van der Waals surface area contributed by atoms with Crippen molar-refractivity contribution in [2.75, 3.05) is 21.3 Å². The summed E-state index contributed by atoms with van der Waals surface area (Å²) < 4.78 is 21.7. The van der Waals surface area contributed by atoms with E-state index in [0.717, 1.165) is 0 Å². The lowest BCUT2D eigenvalue weighted by Crippen LogP contribution is -2.09. The molecule has 1 aromatic heterocycles. The van der Waals surface area contributed by atoms with E-state index in [9.17, 15) is 9.90 Å². The molecule has 0 aliphatic rings. The van der Waals surface area contributed by atoms with Crippen LogP contribution in [0.3, 0.4) is 0 Å². The second kappa shape index (κ2) is 6.16. The van der Waals surface area contributed by atoms with Gasteiger partial charge >= 0.3 is 0 Å². The summed E-state index contributed by atoms with van der Waals surface area (Å²) in [5.74, 6) is 1.30. The maximum atomic E-state index is 12.8. The third-order valence-corrected chi connectivity index (χ3v) is 3.68. The van der Waals surface area contributed by atoms with Crippen molar-refractivity contribution in [1.29, 1.82) is 0 Å². The molecule has 0 spiro atoms. The van der Waals surface area contributed by atoms with E-state index in [4.69, 9.17) is 18.6 Å². The highest BCUT2D eigenvalue weighted by molar-refractivity contribution is 5.88. The van der Waals surface area contributed by atoms with Crippen molar-refractivity contribution < 1.29 is 23.7 Å². The molecule has 0 amide bonds. The minimum atomic E-state index is -0.346. The van der Waals surface area contributed by atoms with Crippen LogP contribution in [0, 0.1) is 0 Å². The molecule has 0 saturated carbocycles. The van der Waals surface area contributed by atoms with Gasteiger partial charge in [0, 0.05) is 17.7 Å². The number of aromatic hydroxyl groups is 1. The SMILES string of the molecule is COc1cc(OC)c2c(=O)c(OC)c(-c3ccc(O)cc3)oc2c1. The summed E-state index contributed by atoms with van der Waals surface area (Å²) in [5, 5.41) is 9.71. The molecule has 6 heteroatoms. The summed E-state index contributed by atoms with van der Waals surface area (Å²) in [6.45, 7) is 0.